The third-order valence-corrected chi connectivity index (χ3v) is 4.47. The van der Waals surface area contributed by atoms with Gasteiger partial charge in [0, 0.05) is 29.8 Å². The first kappa shape index (κ1) is 14.9. The molecule has 1 aliphatic heterocycles. The van der Waals surface area contributed by atoms with Gasteiger partial charge in [-0.05, 0) is 12.5 Å². The molecule has 0 aliphatic carbocycles. The van der Waals surface area contributed by atoms with Gasteiger partial charge in [-0.25, -0.2) is 0 Å². The van der Waals surface area contributed by atoms with Crippen molar-refractivity contribution in [1.82, 2.24) is 10.0 Å². The predicted molar refractivity (Wildman–Crippen MR) is 86.2 cm³/mol. The Bertz CT molecular complexity index is 787. The Morgan fingerprint density at radius 1 is 1.45 bits per heavy atom. The molecule has 0 bridgehead atoms. The maximum absolute atomic E-state index is 12.5. The number of nitrogens with zero attached hydrogens (tertiary/aromatic N) is 3. The molecule has 0 saturated heterocycles. The molecule has 0 radical (unpaired) electrons. The topological polar surface area (TPSA) is 95.6 Å². The molecule has 2 aromatic rings. The predicted octanol–water partition coefficient (Wildman–Crippen LogP) is 0.976. The fraction of sp³-hybridized carbons (Fsp3) is 0.357. The van der Waals surface area contributed by atoms with Crippen LogP contribution in [0.3, 0.4) is 0 Å². The van der Waals surface area contributed by atoms with Gasteiger partial charge >= 0.3 is 0 Å². The summed E-state index contributed by atoms with van der Waals surface area (Å²) in [5, 5.41) is 25.9. The van der Waals surface area contributed by atoms with E-state index in [0.29, 0.717) is 9.94 Å². The summed E-state index contributed by atoms with van der Waals surface area (Å²) in [5.74, 6) is 0.276. The number of aromatic nitrogens is 2. The summed E-state index contributed by atoms with van der Waals surface area (Å²) in [6.07, 6.45) is 0.990. The second-order valence-electron chi connectivity index (χ2n) is 4.88. The molecule has 0 atom stereocenters. The smallest absolute Gasteiger partial charge is 0.286 e. The van der Waals surface area contributed by atoms with Gasteiger partial charge in [0.25, 0.3) is 11.2 Å². The number of aliphatic hydroxyl groups excluding tert-OH is 1. The van der Waals surface area contributed by atoms with Crippen molar-refractivity contribution in [3.05, 3.63) is 45.8 Å². The Balaban J connectivity index is 2.02. The van der Waals surface area contributed by atoms with E-state index < -0.39 is 6.61 Å². The van der Waals surface area contributed by atoms with E-state index in [0.717, 1.165) is 29.4 Å². The van der Waals surface area contributed by atoms with E-state index in [-0.39, 0.29) is 22.7 Å². The molecule has 116 valence electrons. The summed E-state index contributed by atoms with van der Waals surface area (Å²) in [5.41, 5.74) is 0.890. The molecule has 0 amide bonds. The molecular formula is C14H16N4O3S. The third-order valence-electron chi connectivity index (χ3n) is 3.50. The Hall–Kier alpha value is -2.06. The van der Waals surface area contributed by atoms with E-state index in [9.17, 15) is 15.2 Å². The van der Waals surface area contributed by atoms with Crippen LogP contribution in [0.4, 0.5) is 0 Å². The molecule has 1 aromatic carbocycles. The van der Waals surface area contributed by atoms with Crippen molar-refractivity contribution in [2.45, 2.75) is 18.8 Å². The fourth-order valence-corrected chi connectivity index (χ4v) is 3.32. The lowest BCUT2D eigenvalue weighted by atomic mass is 10.2. The molecule has 1 aromatic heterocycles. The molecule has 2 N–H and O–H groups in total. The molecular weight excluding hydrogens is 304 g/mol. The highest BCUT2D eigenvalue weighted by atomic mass is 32.2. The van der Waals surface area contributed by atoms with Crippen molar-refractivity contribution in [3.63, 3.8) is 0 Å². The van der Waals surface area contributed by atoms with Crippen LogP contribution in [0.15, 0.2) is 29.3 Å². The zero-order valence-corrected chi connectivity index (χ0v) is 12.7. The number of aliphatic imine (C=N–C) groups is 1. The van der Waals surface area contributed by atoms with Crippen LogP contribution in [0.2, 0.25) is 0 Å². The van der Waals surface area contributed by atoms with Crippen molar-refractivity contribution in [2.75, 3.05) is 13.1 Å². The maximum Gasteiger partial charge on any atom is 0.286 e. The second kappa shape index (κ2) is 6.37. The van der Waals surface area contributed by atoms with Gasteiger partial charge in [0.05, 0.1) is 10.1 Å². The van der Waals surface area contributed by atoms with E-state index >= 15 is 0 Å². The van der Waals surface area contributed by atoms with Gasteiger partial charge in [-0.15, -0.1) is 0 Å². The largest absolute Gasteiger partial charge is 0.805 e. The van der Waals surface area contributed by atoms with Gasteiger partial charge in [-0.1, -0.05) is 23.9 Å². The highest BCUT2D eigenvalue weighted by Crippen LogP contribution is 2.20. The average Bonchev–Trinajstić information content (AvgIpc) is 2.57. The van der Waals surface area contributed by atoms with Crippen molar-refractivity contribution in [2.24, 2.45) is 4.99 Å². The van der Waals surface area contributed by atoms with Crippen LogP contribution >= 0.6 is 11.8 Å². The molecule has 0 saturated carbocycles. The minimum Gasteiger partial charge on any atom is -0.805 e. The number of thioether (sulfide) groups is 1. The number of para-hydroxylation sites is 2. The monoisotopic (exact) mass is 320 g/mol. The van der Waals surface area contributed by atoms with Gasteiger partial charge in [-0.3, -0.25) is 4.99 Å². The fourth-order valence-electron chi connectivity index (χ4n) is 2.37. The molecule has 7 nitrogen and oxygen atoms in total. The molecule has 0 fully saturated rings. The van der Waals surface area contributed by atoms with Crippen LogP contribution in [0.5, 0.6) is 0 Å². The van der Waals surface area contributed by atoms with Gasteiger partial charge in [0.2, 0.25) is 0 Å². The number of fused-ring (bicyclic) bond motifs is 1. The highest BCUT2D eigenvalue weighted by molar-refractivity contribution is 8.13. The highest BCUT2D eigenvalue weighted by Gasteiger charge is 2.22. The zero-order chi connectivity index (χ0) is 15.5. The number of hydrogen-bond acceptors (Lipinski definition) is 6. The van der Waals surface area contributed by atoms with Crippen LogP contribution in [0.1, 0.15) is 17.8 Å². The van der Waals surface area contributed by atoms with Crippen molar-refractivity contribution in [1.29, 1.82) is 0 Å². The molecule has 8 heteroatoms. The Morgan fingerprint density at radius 3 is 3.00 bits per heavy atom. The van der Waals surface area contributed by atoms with Crippen molar-refractivity contribution >= 4 is 28.0 Å². The van der Waals surface area contributed by atoms with Gasteiger partial charge in [0.15, 0.2) is 5.17 Å². The van der Waals surface area contributed by atoms with Gasteiger partial charge in [0.1, 0.15) is 12.1 Å². The van der Waals surface area contributed by atoms with Crippen LogP contribution in [0, 0.1) is 10.1 Å². The van der Waals surface area contributed by atoms with Gasteiger partial charge in [-0.2, -0.15) is 0 Å². The van der Waals surface area contributed by atoms with E-state index in [1.807, 2.05) is 0 Å². The summed E-state index contributed by atoms with van der Waals surface area (Å²) in [7, 11) is 0. The third kappa shape index (κ3) is 2.67. The molecule has 1 aliphatic rings. The van der Waals surface area contributed by atoms with Crippen LogP contribution < -0.4 is 9.74 Å². The molecule has 2 heterocycles. The van der Waals surface area contributed by atoms with Gasteiger partial charge < -0.3 is 20.4 Å². The lowest BCUT2D eigenvalue weighted by Gasteiger charge is -2.19. The summed E-state index contributed by atoms with van der Waals surface area (Å²) in [4.78, 5) is 16.7. The van der Waals surface area contributed by atoms with Crippen LogP contribution in [0.25, 0.3) is 11.0 Å². The molecule has 0 spiro atoms. The summed E-state index contributed by atoms with van der Waals surface area (Å²) in [6, 6.07) is 6.56. The number of nitrogens with one attached hydrogen (secondary N) is 1. The average molecular weight is 320 g/mol. The van der Waals surface area contributed by atoms with E-state index in [1.54, 1.807) is 24.3 Å². The van der Waals surface area contributed by atoms with E-state index in [1.165, 1.54) is 11.8 Å². The first-order chi connectivity index (χ1) is 10.7. The lowest BCUT2D eigenvalue weighted by Crippen LogP contribution is -2.29. The number of benzene rings is 1. The van der Waals surface area contributed by atoms with Crippen molar-refractivity contribution < 1.29 is 9.53 Å². The molecule has 22 heavy (non-hydrogen) atoms. The Kier molecular flexibility index (Phi) is 4.30. The van der Waals surface area contributed by atoms with Crippen LogP contribution in [-0.2, 0) is 12.4 Å². The second-order valence-corrected chi connectivity index (χ2v) is 5.85. The number of hydrogen-bond donors (Lipinski definition) is 2. The molecule has 0 unspecified atom stereocenters. The van der Waals surface area contributed by atoms with E-state index in [4.69, 9.17) is 0 Å². The minimum absolute atomic E-state index is 0.0811. The Labute approximate surface area is 130 Å². The quantitative estimate of drug-likeness (QED) is 0.822. The number of amidine groups is 1. The SMILES string of the molecule is O=[n+]1c(CO)c(CSC2=NCCCN2)n([O-])c2ccccc21. The maximum atomic E-state index is 12.5. The normalized spacial score (nSPS) is 14.7. The first-order valence-electron chi connectivity index (χ1n) is 7.00. The number of aliphatic hydroxyl groups is 1. The first-order valence-corrected chi connectivity index (χ1v) is 7.98. The van der Waals surface area contributed by atoms with Crippen LogP contribution in [-0.4, -0.2) is 28.1 Å². The molecule has 3 rings (SSSR count). The standard InChI is InChI=1S/C14H16N4O3S/c19-8-12-13(9-22-14-15-6-3-7-16-14)18(21)11-5-2-1-4-10(11)17(12)20/h1-2,4-5,19H,3,6-9H2,(H,15,16). The Morgan fingerprint density at radius 2 is 2.27 bits per heavy atom. The summed E-state index contributed by atoms with van der Waals surface area (Å²) < 4.78 is 1.36. The van der Waals surface area contributed by atoms with E-state index in [2.05, 4.69) is 10.3 Å². The summed E-state index contributed by atoms with van der Waals surface area (Å²) >= 11 is 1.37. The number of rotatable bonds is 3. The summed E-state index contributed by atoms with van der Waals surface area (Å²) in [6.45, 7) is 1.14. The van der Waals surface area contributed by atoms with Crippen molar-refractivity contribution in [3.8, 4) is 0 Å². The lowest BCUT2D eigenvalue weighted by molar-refractivity contribution is -0.479. The zero-order valence-electron chi connectivity index (χ0n) is 11.9. The minimum atomic E-state index is -0.480.